The van der Waals surface area contributed by atoms with E-state index in [0.29, 0.717) is 29.0 Å². The molecule has 1 aliphatic rings. The Labute approximate surface area is 190 Å². The predicted molar refractivity (Wildman–Crippen MR) is 122 cm³/mol. The van der Waals surface area contributed by atoms with Crippen molar-refractivity contribution >= 4 is 16.8 Å². The van der Waals surface area contributed by atoms with Crippen LogP contribution < -0.4 is 4.74 Å². The number of benzene rings is 3. The highest BCUT2D eigenvalue weighted by Gasteiger charge is 2.26. The summed E-state index contributed by atoms with van der Waals surface area (Å²) < 4.78 is 19.9. The van der Waals surface area contributed by atoms with Crippen LogP contribution in [0.25, 0.3) is 22.0 Å². The van der Waals surface area contributed by atoms with Crippen molar-refractivity contribution in [1.82, 2.24) is 15.1 Å². The van der Waals surface area contributed by atoms with Gasteiger partial charge in [0.15, 0.2) is 0 Å². The van der Waals surface area contributed by atoms with Gasteiger partial charge in [-0.3, -0.25) is 9.89 Å². The molecule has 1 N–H and O–H groups in total. The molecule has 7 heteroatoms. The SMILES string of the molecule is CN(Cc1ccc(C#N)c2cn[nH]c12)C(=O)c1ccc(-c2cccc(F)c2)c(OC2CC2)c1. The topological polar surface area (TPSA) is 82.0 Å². The highest BCUT2D eigenvalue weighted by Crippen LogP contribution is 2.36. The molecule has 33 heavy (non-hydrogen) atoms. The van der Waals surface area contributed by atoms with Crippen molar-refractivity contribution in [3.8, 4) is 22.9 Å². The molecule has 6 nitrogen and oxygen atoms in total. The lowest BCUT2D eigenvalue weighted by molar-refractivity contribution is 0.0785. The van der Waals surface area contributed by atoms with Crippen molar-refractivity contribution in [3.63, 3.8) is 0 Å². The first-order chi connectivity index (χ1) is 16.0. The zero-order valence-electron chi connectivity index (χ0n) is 18.0. The summed E-state index contributed by atoms with van der Waals surface area (Å²) in [5.41, 5.74) is 4.09. The highest BCUT2D eigenvalue weighted by atomic mass is 19.1. The number of aromatic amines is 1. The lowest BCUT2D eigenvalue weighted by atomic mass is 10.0. The molecule has 0 unspecified atom stereocenters. The van der Waals surface area contributed by atoms with Crippen molar-refractivity contribution in [3.05, 3.63) is 83.3 Å². The summed E-state index contributed by atoms with van der Waals surface area (Å²) in [6, 6.07) is 17.4. The quantitative estimate of drug-likeness (QED) is 0.455. The highest BCUT2D eigenvalue weighted by molar-refractivity contribution is 5.96. The van der Waals surface area contributed by atoms with Crippen molar-refractivity contribution in [2.75, 3.05) is 7.05 Å². The Morgan fingerprint density at radius 3 is 2.85 bits per heavy atom. The molecule has 0 aliphatic heterocycles. The van der Waals surface area contributed by atoms with Crippen LogP contribution in [0.4, 0.5) is 4.39 Å². The molecule has 4 aromatic rings. The van der Waals surface area contributed by atoms with E-state index in [-0.39, 0.29) is 17.8 Å². The summed E-state index contributed by atoms with van der Waals surface area (Å²) in [7, 11) is 1.73. The number of fused-ring (bicyclic) bond motifs is 1. The van der Waals surface area contributed by atoms with E-state index >= 15 is 0 Å². The van der Waals surface area contributed by atoms with Gasteiger partial charge in [0.1, 0.15) is 11.6 Å². The first-order valence-corrected chi connectivity index (χ1v) is 10.7. The van der Waals surface area contributed by atoms with E-state index in [1.54, 1.807) is 42.4 Å². The number of halogens is 1. The summed E-state index contributed by atoms with van der Waals surface area (Å²) in [5.74, 6) is 0.0902. The summed E-state index contributed by atoms with van der Waals surface area (Å²) >= 11 is 0. The number of hydrogen-bond acceptors (Lipinski definition) is 4. The minimum absolute atomic E-state index is 0.132. The van der Waals surface area contributed by atoms with Crippen LogP contribution in [0, 0.1) is 17.1 Å². The molecule has 1 fully saturated rings. The lowest BCUT2D eigenvalue weighted by Crippen LogP contribution is -2.26. The molecule has 164 valence electrons. The number of H-pyrrole nitrogens is 1. The summed E-state index contributed by atoms with van der Waals surface area (Å²) in [5, 5.41) is 17.0. The van der Waals surface area contributed by atoms with Gasteiger partial charge in [0.2, 0.25) is 0 Å². The number of hydrogen-bond donors (Lipinski definition) is 1. The molecule has 1 heterocycles. The molecule has 0 spiro atoms. The monoisotopic (exact) mass is 440 g/mol. The minimum Gasteiger partial charge on any atom is -0.490 e. The fraction of sp³-hybridized carbons (Fsp3) is 0.192. The maximum absolute atomic E-state index is 13.8. The first kappa shape index (κ1) is 20.7. The maximum Gasteiger partial charge on any atom is 0.254 e. The maximum atomic E-state index is 13.8. The van der Waals surface area contributed by atoms with E-state index in [1.165, 1.54) is 12.1 Å². The molecular formula is C26H21FN4O2. The minimum atomic E-state index is -0.322. The molecule has 0 saturated heterocycles. The van der Waals surface area contributed by atoms with Gasteiger partial charge in [-0.05, 0) is 60.4 Å². The average Bonchev–Trinajstić information content (AvgIpc) is 3.49. The normalized spacial score (nSPS) is 13.0. The molecule has 1 amide bonds. The molecule has 1 aliphatic carbocycles. The number of nitrogens with one attached hydrogen (secondary N) is 1. The third-order valence-corrected chi connectivity index (χ3v) is 5.76. The number of nitriles is 1. The second-order valence-electron chi connectivity index (χ2n) is 8.24. The van der Waals surface area contributed by atoms with Crippen LogP contribution in [-0.2, 0) is 6.54 Å². The smallest absolute Gasteiger partial charge is 0.254 e. The van der Waals surface area contributed by atoms with Crippen LogP contribution in [0.15, 0.2) is 60.8 Å². The predicted octanol–water partition coefficient (Wildman–Crippen LogP) is 5.05. The third-order valence-electron chi connectivity index (χ3n) is 5.76. The second-order valence-corrected chi connectivity index (χ2v) is 8.24. The average molecular weight is 440 g/mol. The Hall–Kier alpha value is -4.18. The molecule has 0 bridgehead atoms. The Bertz CT molecular complexity index is 1400. The first-order valence-electron chi connectivity index (χ1n) is 10.7. The van der Waals surface area contributed by atoms with Gasteiger partial charge >= 0.3 is 0 Å². The van der Waals surface area contributed by atoms with E-state index in [9.17, 15) is 14.4 Å². The van der Waals surface area contributed by atoms with Crippen molar-refractivity contribution in [1.29, 1.82) is 5.26 Å². The molecule has 0 radical (unpaired) electrons. The van der Waals surface area contributed by atoms with Gasteiger partial charge in [-0.25, -0.2) is 4.39 Å². The summed E-state index contributed by atoms with van der Waals surface area (Å²) in [6.45, 7) is 0.341. The third kappa shape index (κ3) is 4.15. The Morgan fingerprint density at radius 2 is 2.09 bits per heavy atom. The van der Waals surface area contributed by atoms with Gasteiger partial charge in [0, 0.05) is 30.1 Å². The van der Waals surface area contributed by atoms with Gasteiger partial charge in [0.05, 0.1) is 29.5 Å². The van der Waals surface area contributed by atoms with E-state index in [0.717, 1.165) is 34.9 Å². The Balaban J connectivity index is 1.43. The molecule has 3 aromatic carbocycles. The number of aromatic nitrogens is 2. The standard InChI is InChI=1S/C26H21FN4O2/c1-31(15-19-6-5-18(13-28)23-14-29-30-25(19)23)26(32)17-7-10-22(16-3-2-4-20(27)11-16)24(12-17)33-21-8-9-21/h2-7,10-12,14,21H,8-9,15H2,1H3,(H,29,30). The molecule has 1 aromatic heterocycles. The number of nitrogens with zero attached hydrogens (tertiary/aromatic N) is 3. The van der Waals surface area contributed by atoms with Crippen LogP contribution in [0.2, 0.25) is 0 Å². The second kappa shape index (κ2) is 8.40. The van der Waals surface area contributed by atoms with Gasteiger partial charge in [-0.2, -0.15) is 10.4 Å². The van der Waals surface area contributed by atoms with Gasteiger partial charge in [-0.1, -0.05) is 18.2 Å². The Kier molecular flexibility index (Phi) is 5.27. The Morgan fingerprint density at radius 1 is 1.24 bits per heavy atom. The summed E-state index contributed by atoms with van der Waals surface area (Å²) in [4.78, 5) is 14.8. The van der Waals surface area contributed by atoms with Gasteiger partial charge in [0.25, 0.3) is 5.91 Å². The van der Waals surface area contributed by atoms with Crippen molar-refractivity contribution in [2.24, 2.45) is 0 Å². The molecule has 0 atom stereocenters. The van der Waals surface area contributed by atoms with Crippen LogP contribution >= 0.6 is 0 Å². The van der Waals surface area contributed by atoms with Crippen LogP contribution in [0.3, 0.4) is 0 Å². The van der Waals surface area contributed by atoms with Crippen molar-refractivity contribution < 1.29 is 13.9 Å². The number of amides is 1. The van der Waals surface area contributed by atoms with Crippen molar-refractivity contribution in [2.45, 2.75) is 25.5 Å². The van der Waals surface area contributed by atoms with Gasteiger partial charge in [-0.15, -0.1) is 0 Å². The van der Waals surface area contributed by atoms with Crippen LogP contribution in [0.1, 0.15) is 34.3 Å². The summed E-state index contributed by atoms with van der Waals surface area (Å²) in [6.07, 6.45) is 3.69. The fourth-order valence-electron chi connectivity index (χ4n) is 3.88. The largest absolute Gasteiger partial charge is 0.490 e. The number of ether oxygens (including phenoxy) is 1. The lowest BCUT2D eigenvalue weighted by Gasteiger charge is -2.19. The molecule has 1 saturated carbocycles. The molecular weight excluding hydrogens is 419 g/mol. The zero-order valence-corrected chi connectivity index (χ0v) is 18.0. The zero-order chi connectivity index (χ0) is 22.9. The van der Waals surface area contributed by atoms with E-state index in [4.69, 9.17) is 4.74 Å². The van der Waals surface area contributed by atoms with E-state index in [2.05, 4.69) is 16.3 Å². The van der Waals surface area contributed by atoms with Gasteiger partial charge < -0.3 is 9.64 Å². The van der Waals surface area contributed by atoms with E-state index < -0.39 is 0 Å². The number of rotatable bonds is 6. The number of carbonyl (C=O) groups excluding carboxylic acids is 1. The van der Waals surface area contributed by atoms with Crippen LogP contribution in [-0.4, -0.2) is 34.2 Å². The molecule has 5 rings (SSSR count). The van der Waals surface area contributed by atoms with Crippen LogP contribution in [0.5, 0.6) is 5.75 Å². The number of carbonyl (C=O) groups is 1. The van der Waals surface area contributed by atoms with E-state index in [1.807, 2.05) is 18.2 Å². The fourth-order valence-corrected chi connectivity index (χ4v) is 3.88.